The third-order valence-corrected chi connectivity index (χ3v) is 5.54. The Labute approximate surface area is 157 Å². The highest BCUT2D eigenvalue weighted by atomic mass is 35.5. The molecule has 0 saturated carbocycles. The Balaban J connectivity index is 1.32. The van der Waals surface area contributed by atoms with E-state index < -0.39 is 0 Å². The van der Waals surface area contributed by atoms with E-state index >= 15 is 0 Å². The van der Waals surface area contributed by atoms with Gasteiger partial charge in [-0.2, -0.15) is 0 Å². The standard InChI is InChI=1S/C19H23ClN4O2/c1-12-17(22-11-21-12)7-19(25)23-15-6-16-10-26-18(9-24(16)8-15)13-2-4-14(20)5-3-13/h2-5,11,15-16,18H,6-10H2,1H3,(H,21,22)(H,23,25)/t15-,16+,18-/m1/s1. The first kappa shape index (κ1) is 17.5. The summed E-state index contributed by atoms with van der Waals surface area (Å²) in [5.74, 6) is 0.0280. The van der Waals surface area contributed by atoms with Crippen LogP contribution in [0.25, 0.3) is 0 Å². The van der Waals surface area contributed by atoms with E-state index in [0.717, 1.165) is 41.5 Å². The van der Waals surface area contributed by atoms with E-state index in [9.17, 15) is 4.79 Å². The van der Waals surface area contributed by atoms with Crippen LogP contribution in [0, 0.1) is 6.92 Å². The minimum atomic E-state index is 0.0280. The largest absolute Gasteiger partial charge is 0.371 e. The number of aromatic nitrogens is 2. The second-order valence-electron chi connectivity index (χ2n) is 7.13. The molecule has 1 amide bonds. The monoisotopic (exact) mass is 374 g/mol. The van der Waals surface area contributed by atoms with Crippen LogP contribution in [-0.2, 0) is 16.0 Å². The Morgan fingerprint density at radius 1 is 1.38 bits per heavy atom. The molecule has 1 aromatic heterocycles. The number of aryl methyl sites for hydroxylation is 1. The Morgan fingerprint density at radius 3 is 2.92 bits per heavy atom. The summed E-state index contributed by atoms with van der Waals surface area (Å²) in [5, 5.41) is 3.89. The number of amides is 1. The summed E-state index contributed by atoms with van der Waals surface area (Å²) >= 11 is 5.97. The molecule has 2 saturated heterocycles. The highest BCUT2D eigenvalue weighted by Crippen LogP contribution is 2.30. The topological polar surface area (TPSA) is 70.2 Å². The predicted octanol–water partition coefficient (Wildman–Crippen LogP) is 2.24. The zero-order chi connectivity index (χ0) is 18.1. The van der Waals surface area contributed by atoms with Gasteiger partial charge in [0.15, 0.2) is 0 Å². The zero-order valence-electron chi connectivity index (χ0n) is 14.7. The van der Waals surface area contributed by atoms with Crippen molar-refractivity contribution in [1.29, 1.82) is 0 Å². The normalized spacial score (nSPS) is 25.8. The van der Waals surface area contributed by atoms with Crippen molar-refractivity contribution in [2.75, 3.05) is 19.7 Å². The third-order valence-electron chi connectivity index (χ3n) is 5.29. The van der Waals surface area contributed by atoms with E-state index in [-0.39, 0.29) is 18.1 Å². The summed E-state index contributed by atoms with van der Waals surface area (Å²) in [6.45, 7) is 4.33. The number of carbonyl (C=O) groups excluding carboxylic acids is 1. The van der Waals surface area contributed by atoms with Gasteiger partial charge in [-0.25, -0.2) is 4.98 Å². The van der Waals surface area contributed by atoms with Gasteiger partial charge in [-0.3, -0.25) is 9.69 Å². The fourth-order valence-electron chi connectivity index (χ4n) is 3.85. The molecule has 2 aliphatic rings. The van der Waals surface area contributed by atoms with Crippen molar-refractivity contribution in [2.24, 2.45) is 0 Å². The van der Waals surface area contributed by atoms with Gasteiger partial charge in [-0.1, -0.05) is 23.7 Å². The van der Waals surface area contributed by atoms with Gasteiger partial charge in [0, 0.05) is 35.9 Å². The van der Waals surface area contributed by atoms with Crippen molar-refractivity contribution in [1.82, 2.24) is 20.2 Å². The number of fused-ring (bicyclic) bond motifs is 1. The SMILES string of the molecule is Cc1[nH]cnc1CC(=O)N[C@@H]1C[C@H]2CO[C@@H](c3ccc(Cl)cc3)CN2C1. The number of ether oxygens (including phenoxy) is 1. The molecule has 6 nitrogen and oxygen atoms in total. The number of nitrogens with zero attached hydrogens (tertiary/aromatic N) is 2. The maximum absolute atomic E-state index is 12.3. The summed E-state index contributed by atoms with van der Waals surface area (Å²) in [4.78, 5) is 21.9. The second-order valence-corrected chi connectivity index (χ2v) is 7.57. The van der Waals surface area contributed by atoms with Gasteiger partial charge in [0.05, 0.1) is 31.2 Å². The van der Waals surface area contributed by atoms with E-state index in [1.165, 1.54) is 0 Å². The molecule has 0 aliphatic carbocycles. The molecule has 3 atom stereocenters. The average Bonchev–Trinajstić information content (AvgIpc) is 3.20. The van der Waals surface area contributed by atoms with E-state index in [4.69, 9.17) is 16.3 Å². The van der Waals surface area contributed by atoms with Crippen molar-refractivity contribution in [3.05, 3.63) is 52.6 Å². The number of carbonyl (C=O) groups is 1. The number of halogens is 1. The van der Waals surface area contributed by atoms with Gasteiger partial charge in [0.1, 0.15) is 0 Å². The quantitative estimate of drug-likeness (QED) is 0.861. The lowest BCUT2D eigenvalue weighted by Gasteiger charge is -2.35. The van der Waals surface area contributed by atoms with Crippen LogP contribution in [0.2, 0.25) is 5.02 Å². The number of benzene rings is 1. The molecule has 2 N–H and O–H groups in total. The molecule has 7 heteroatoms. The maximum Gasteiger partial charge on any atom is 0.226 e. The molecule has 4 rings (SSSR count). The van der Waals surface area contributed by atoms with Gasteiger partial charge in [-0.05, 0) is 31.0 Å². The molecule has 2 fully saturated rings. The molecule has 2 aromatic rings. The van der Waals surface area contributed by atoms with Crippen LogP contribution in [0.5, 0.6) is 0 Å². The molecule has 0 bridgehead atoms. The Hall–Kier alpha value is -1.89. The summed E-state index contributed by atoms with van der Waals surface area (Å²) in [7, 11) is 0. The Morgan fingerprint density at radius 2 is 2.19 bits per heavy atom. The van der Waals surface area contributed by atoms with Crippen molar-refractivity contribution < 1.29 is 9.53 Å². The number of imidazole rings is 1. The van der Waals surface area contributed by atoms with Crippen LogP contribution in [0.4, 0.5) is 0 Å². The zero-order valence-corrected chi connectivity index (χ0v) is 15.5. The number of aromatic amines is 1. The molecule has 0 radical (unpaired) electrons. The molecule has 26 heavy (non-hydrogen) atoms. The van der Waals surface area contributed by atoms with Gasteiger partial charge in [0.2, 0.25) is 5.91 Å². The number of rotatable bonds is 4. The summed E-state index contributed by atoms with van der Waals surface area (Å²) in [6.07, 6.45) is 2.94. The minimum Gasteiger partial charge on any atom is -0.371 e. The highest BCUT2D eigenvalue weighted by Gasteiger charge is 2.38. The van der Waals surface area contributed by atoms with Crippen LogP contribution < -0.4 is 5.32 Å². The molecule has 0 spiro atoms. The number of H-pyrrole nitrogens is 1. The first-order valence-corrected chi connectivity index (χ1v) is 9.35. The molecular formula is C19H23ClN4O2. The van der Waals surface area contributed by atoms with E-state index in [1.54, 1.807) is 6.33 Å². The summed E-state index contributed by atoms with van der Waals surface area (Å²) in [6, 6.07) is 8.38. The van der Waals surface area contributed by atoms with Crippen molar-refractivity contribution in [2.45, 2.75) is 38.0 Å². The van der Waals surface area contributed by atoms with Gasteiger partial charge in [0.25, 0.3) is 0 Å². The molecule has 3 heterocycles. The van der Waals surface area contributed by atoms with Crippen molar-refractivity contribution in [3.8, 4) is 0 Å². The lowest BCUT2D eigenvalue weighted by Crippen LogP contribution is -2.43. The predicted molar refractivity (Wildman–Crippen MR) is 99.1 cm³/mol. The number of nitrogens with one attached hydrogen (secondary N) is 2. The van der Waals surface area contributed by atoms with Gasteiger partial charge >= 0.3 is 0 Å². The van der Waals surface area contributed by atoms with Gasteiger partial charge < -0.3 is 15.0 Å². The summed E-state index contributed by atoms with van der Waals surface area (Å²) in [5.41, 5.74) is 2.90. The smallest absolute Gasteiger partial charge is 0.226 e. The second kappa shape index (κ2) is 7.39. The highest BCUT2D eigenvalue weighted by molar-refractivity contribution is 6.30. The molecular weight excluding hydrogens is 352 g/mol. The molecule has 0 unspecified atom stereocenters. The van der Waals surface area contributed by atoms with Crippen LogP contribution in [0.1, 0.15) is 29.5 Å². The Kier molecular flexibility index (Phi) is 4.98. The first-order chi connectivity index (χ1) is 12.6. The fourth-order valence-corrected chi connectivity index (χ4v) is 3.98. The van der Waals surface area contributed by atoms with Gasteiger partial charge in [-0.15, -0.1) is 0 Å². The minimum absolute atomic E-state index is 0.0280. The van der Waals surface area contributed by atoms with E-state index in [2.05, 4.69) is 20.2 Å². The molecule has 2 aliphatic heterocycles. The van der Waals surface area contributed by atoms with Crippen LogP contribution >= 0.6 is 11.6 Å². The Bertz CT molecular complexity index is 776. The van der Waals surface area contributed by atoms with Crippen molar-refractivity contribution in [3.63, 3.8) is 0 Å². The maximum atomic E-state index is 12.3. The lowest BCUT2D eigenvalue weighted by atomic mass is 10.1. The first-order valence-electron chi connectivity index (χ1n) is 8.98. The summed E-state index contributed by atoms with van der Waals surface area (Å²) < 4.78 is 6.06. The van der Waals surface area contributed by atoms with Crippen molar-refractivity contribution >= 4 is 17.5 Å². The lowest BCUT2D eigenvalue weighted by molar-refractivity contribution is -0.121. The van der Waals surface area contributed by atoms with Crippen LogP contribution in [-0.4, -0.2) is 52.6 Å². The molecule has 138 valence electrons. The number of hydrogen-bond donors (Lipinski definition) is 2. The number of hydrogen-bond acceptors (Lipinski definition) is 4. The fraction of sp³-hybridized carbons (Fsp3) is 0.474. The van der Waals surface area contributed by atoms with Crippen LogP contribution in [0.3, 0.4) is 0 Å². The average molecular weight is 375 g/mol. The third kappa shape index (κ3) is 3.77. The van der Waals surface area contributed by atoms with E-state index in [1.807, 2.05) is 31.2 Å². The number of morpholine rings is 1. The molecule has 1 aromatic carbocycles. The van der Waals surface area contributed by atoms with E-state index in [0.29, 0.717) is 19.1 Å². The van der Waals surface area contributed by atoms with Crippen LogP contribution in [0.15, 0.2) is 30.6 Å².